The summed E-state index contributed by atoms with van der Waals surface area (Å²) < 4.78 is 26.1. The Kier molecular flexibility index (Phi) is 3.87. The first-order chi connectivity index (χ1) is 10.5. The summed E-state index contributed by atoms with van der Waals surface area (Å²) in [5.41, 5.74) is 3.37. The average Bonchev–Trinajstić information content (AvgIpc) is 3.03. The van der Waals surface area contributed by atoms with Gasteiger partial charge in [0.05, 0.1) is 12.6 Å². The van der Waals surface area contributed by atoms with Crippen LogP contribution in [0.15, 0.2) is 24.4 Å². The molecular weight excluding hydrogens is 288 g/mol. The van der Waals surface area contributed by atoms with E-state index in [9.17, 15) is 13.6 Å². The van der Waals surface area contributed by atoms with E-state index < -0.39 is 24.9 Å². The Morgan fingerprint density at radius 2 is 2.27 bits per heavy atom. The van der Waals surface area contributed by atoms with Crippen molar-refractivity contribution in [2.24, 2.45) is 0 Å². The van der Waals surface area contributed by atoms with Crippen LogP contribution in [0.5, 0.6) is 0 Å². The fourth-order valence-corrected chi connectivity index (χ4v) is 2.99. The Balaban J connectivity index is 1.58. The lowest BCUT2D eigenvalue weighted by Gasteiger charge is -2.11. The topological polar surface area (TPSA) is 56.9 Å². The van der Waals surface area contributed by atoms with Gasteiger partial charge in [-0.05, 0) is 30.5 Å². The van der Waals surface area contributed by atoms with Crippen LogP contribution in [0.1, 0.15) is 17.5 Å². The van der Waals surface area contributed by atoms with Crippen LogP contribution in [0.4, 0.5) is 8.78 Å². The number of benzene rings is 1. The van der Waals surface area contributed by atoms with Gasteiger partial charge in [-0.25, -0.2) is 8.78 Å². The number of alkyl halides is 2. The van der Waals surface area contributed by atoms with Gasteiger partial charge in [-0.3, -0.25) is 10.1 Å². The van der Waals surface area contributed by atoms with Gasteiger partial charge in [0, 0.05) is 30.1 Å². The second-order valence-corrected chi connectivity index (χ2v) is 5.85. The molecule has 0 bridgehead atoms. The van der Waals surface area contributed by atoms with Crippen LogP contribution in [-0.2, 0) is 11.2 Å². The number of hydrogen-bond donors (Lipinski definition) is 3. The van der Waals surface area contributed by atoms with Gasteiger partial charge in [0.2, 0.25) is 5.91 Å². The molecule has 2 aromatic rings. The van der Waals surface area contributed by atoms with Crippen molar-refractivity contribution < 1.29 is 13.6 Å². The van der Waals surface area contributed by atoms with Gasteiger partial charge in [0.1, 0.15) is 0 Å². The summed E-state index contributed by atoms with van der Waals surface area (Å²) in [6.07, 6.45) is 2.18. The molecular formula is C16H19F2N3O. The zero-order chi connectivity index (χ0) is 15.7. The van der Waals surface area contributed by atoms with Gasteiger partial charge in [0.25, 0.3) is 5.92 Å². The van der Waals surface area contributed by atoms with Crippen molar-refractivity contribution in [1.29, 1.82) is 0 Å². The zero-order valence-electron chi connectivity index (χ0n) is 12.4. The molecule has 1 aliphatic rings. The maximum atomic E-state index is 13.1. The Morgan fingerprint density at radius 3 is 3.00 bits per heavy atom. The molecule has 1 aliphatic heterocycles. The summed E-state index contributed by atoms with van der Waals surface area (Å²) in [6, 6.07) is 5.25. The third-order valence-corrected chi connectivity index (χ3v) is 4.12. The number of rotatable bonds is 4. The highest BCUT2D eigenvalue weighted by molar-refractivity contribution is 5.86. The second kappa shape index (κ2) is 5.68. The van der Waals surface area contributed by atoms with Crippen molar-refractivity contribution in [2.45, 2.75) is 31.7 Å². The minimum absolute atomic E-state index is 0.353. The largest absolute Gasteiger partial charge is 0.361 e. The Morgan fingerprint density at radius 1 is 1.45 bits per heavy atom. The Bertz CT molecular complexity index is 696. The van der Waals surface area contributed by atoms with Gasteiger partial charge < -0.3 is 10.3 Å². The molecule has 22 heavy (non-hydrogen) atoms. The predicted molar refractivity (Wildman–Crippen MR) is 81.1 cm³/mol. The molecule has 0 aliphatic carbocycles. The molecule has 3 N–H and O–H groups in total. The van der Waals surface area contributed by atoms with E-state index in [1.54, 1.807) is 0 Å². The number of nitrogens with one attached hydrogen (secondary N) is 3. The van der Waals surface area contributed by atoms with Gasteiger partial charge in [-0.1, -0.05) is 12.1 Å². The summed E-state index contributed by atoms with van der Waals surface area (Å²) in [5, 5.41) is 6.47. The van der Waals surface area contributed by atoms with Crippen molar-refractivity contribution in [3.8, 4) is 0 Å². The van der Waals surface area contributed by atoms with E-state index in [-0.39, 0.29) is 5.91 Å². The number of fused-ring (bicyclic) bond motifs is 1. The summed E-state index contributed by atoms with van der Waals surface area (Å²) >= 11 is 0. The molecule has 6 heteroatoms. The zero-order valence-corrected chi connectivity index (χ0v) is 12.4. The SMILES string of the molecule is Cc1cccc2[nH]cc(CCNC(=O)C3CC(F)(F)CN3)c12. The van der Waals surface area contributed by atoms with E-state index in [1.807, 2.05) is 31.3 Å². The number of H-pyrrole nitrogens is 1. The molecule has 0 radical (unpaired) electrons. The molecule has 0 saturated carbocycles. The first kappa shape index (κ1) is 15.0. The summed E-state index contributed by atoms with van der Waals surface area (Å²) in [6.45, 7) is 2.05. The maximum absolute atomic E-state index is 13.1. The minimum Gasteiger partial charge on any atom is -0.361 e. The highest BCUT2D eigenvalue weighted by atomic mass is 19.3. The molecule has 1 unspecified atom stereocenters. The molecule has 1 saturated heterocycles. The van der Waals surface area contributed by atoms with Gasteiger partial charge in [0.15, 0.2) is 0 Å². The van der Waals surface area contributed by atoms with Crippen molar-refractivity contribution in [3.63, 3.8) is 0 Å². The van der Waals surface area contributed by atoms with E-state index in [1.165, 1.54) is 10.9 Å². The van der Waals surface area contributed by atoms with E-state index in [4.69, 9.17) is 0 Å². The lowest BCUT2D eigenvalue weighted by Crippen LogP contribution is -2.41. The van der Waals surface area contributed by atoms with Crippen LogP contribution in [0.25, 0.3) is 10.9 Å². The second-order valence-electron chi connectivity index (χ2n) is 5.85. The summed E-state index contributed by atoms with van der Waals surface area (Å²) in [4.78, 5) is 15.1. The van der Waals surface area contributed by atoms with Gasteiger partial charge in [-0.2, -0.15) is 0 Å². The molecule has 1 fully saturated rings. The smallest absolute Gasteiger partial charge is 0.262 e. The average molecular weight is 307 g/mol. The van der Waals surface area contributed by atoms with Crippen molar-refractivity contribution in [3.05, 3.63) is 35.5 Å². The molecule has 1 amide bonds. The number of hydrogen-bond acceptors (Lipinski definition) is 2. The quantitative estimate of drug-likeness (QED) is 0.810. The molecule has 1 atom stereocenters. The van der Waals surface area contributed by atoms with Crippen LogP contribution in [0, 0.1) is 6.92 Å². The normalized spacial score (nSPS) is 20.4. The van der Waals surface area contributed by atoms with Gasteiger partial charge in [-0.15, -0.1) is 0 Å². The maximum Gasteiger partial charge on any atom is 0.262 e. The fraction of sp³-hybridized carbons (Fsp3) is 0.438. The lowest BCUT2D eigenvalue weighted by molar-refractivity contribution is -0.123. The van der Waals surface area contributed by atoms with Crippen molar-refractivity contribution in [2.75, 3.05) is 13.1 Å². The molecule has 118 valence electrons. The summed E-state index contributed by atoms with van der Waals surface area (Å²) in [5.74, 6) is -3.13. The third-order valence-electron chi connectivity index (χ3n) is 4.12. The molecule has 3 rings (SSSR count). The Labute approximate surface area is 127 Å². The van der Waals surface area contributed by atoms with E-state index in [0.29, 0.717) is 13.0 Å². The van der Waals surface area contributed by atoms with E-state index >= 15 is 0 Å². The molecule has 1 aromatic heterocycles. The van der Waals surface area contributed by atoms with Crippen molar-refractivity contribution in [1.82, 2.24) is 15.6 Å². The van der Waals surface area contributed by atoms with Crippen LogP contribution < -0.4 is 10.6 Å². The molecule has 0 spiro atoms. The van der Waals surface area contributed by atoms with Crippen molar-refractivity contribution >= 4 is 16.8 Å². The summed E-state index contributed by atoms with van der Waals surface area (Å²) in [7, 11) is 0. The first-order valence-electron chi connectivity index (χ1n) is 7.41. The molecule has 2 heterocycles. The molecule has 4 nitrogen and oxygen atoms in total. The van der Waals surface area contributed by atoms with E-state index in [0.717, 1.165) is 11.1 Å². The number of halogens is 2. The minimum atomic E-state index is -2.78. The highest BCUT2D eigenvalue weighted by Gasteiger charge is 2.42. The first-order valence-corrected chi connectivity index (χ1v) is 7.41. The third kappa shape index (κ3) is 2.97. The number of aromatic amines is 1. The molecule has 1 aromatic carbocycles. The Hall–Kier alpha value is -1.95. The van der Waals surface area contributed by atoms with E-state index in [2.05, 4.69) is 15.6 Å². The standard InChI is InChI=1S/C16H19F2N3O/c1-10-3-2-4-12-14(10)11(8-20-12)5-6-19-15(22)13-7-16(17,18)9-21-13/h2-4,8,13,20-21H,5-7,9H2,1H3,(H,19,22). The van der Waals surface area contributed by atoms with Crippen LogP contribution in [0.3, 0.4) is 0 Å². The van der Waals surface area contributed by atoms with Crippen LogP contribution >= 0.6 is 0 Å². The number of amides is 1. The monoisotopic (exact) mass is 307 g/mol. The number of aromatic nitrogens is 1. The number of aryl methyl sites for hydroxylation is 1. The predicted octanol–water partition coefficient (Wildman–Crippen LogP) is 2.13. The number of carbonyl (C=O) groups is 1. The van der Waals surface area contributed by atoms with Gasteiger partial charge >= 0.3 is 0 Å². The van der Waals surface area contributed by atoms with Crippen LogP contribution in [-0.4, -0.2) is 35.9 Å². The fourth-order valence-electron chi connectivity index (χ4n) is 2.99. The van der Waals surface area contributed by atoms with Crippen LogP contribution in [0.2, 0.25) is 0 Å². The lowest BCUT2D eigenvalue weighted by atomic mass is 10.1. The highest BCUT2D eigenvalue weighted by Crippen LogP contribution is 2.25. The number of carbonyl (C=O) groups excluding carboxylic acids is 1.